The Bertz CT molecular complexity index is 404. The number of nitrogens with one attached hydrogen (secondary N) is 1. The van der Waals surface area contributed by atoms with E-state index in [2.05, 4.69) is 5.32 Å². The molecule has 0 radical (unpaired) electrons. The molecule has 0 aliphatic heterocycles. The van der Waals surface area contributed by atoms with E-state index in [0.29, 0.717) is 17.9 Å². The summed E-state index contributed by atoms with van der Waals surface area (Å²) in [4.78, 5) is 0. The second-order valence-corrected chi connectivity index (χ2v) is 5.50. The Morgan fingerprint density at radius 1 is 1.37 bits per heavy atom. The SMILES string of the molecule is CC(C)(C)NCc1cc(F)ccc1OCC(O)CO. The molecular formula is C14H22FNO3. The summed E-state index contributed by atoms with van der Waals surface area (Å²) in [5.41, 5.74) is 0.592. The highest BCUT2D eigenvalue weighted by atomic mass is 19.1. The van der Waals surface area contributed by atoms with E-state index in [0.717, 1.165) is 0 Å². The predicted octanol–water partition coefficient (Wildman–Crippen LogP) is 1.45. The summed E-state index contributed by atoms with van der Waals surface area (Å²) in [5, 5.41) is 21.2. The van der Waals surface area contributed by atoms with Gasteiger partial charge in [0.05, 0.1) is 6.61 Å². The molecule has 0 aliphatic carbocycles. The lowest BCUT2D eigenvalue weighted by Gasteiger charge is -2.22. The van der Waals surface area contributed by atoms with Crippen molar-refractivity contribution in [2.45, 2.75) is 39.0 Å². The maximum atomic E-state index is 13.3. The molecule has 1 atom stereocenters. The average molecular weight is 271 g/mol. The standard InChI is InChI=1S/C14H22FNO3/c1-14(2,3)16-7-10-6-11(15)4-5-13(10)19-9-12(18)8-17/h4-6,12,16-18H,7-9H2,1-3H3. The van der Waals surface area contributed by atoms with E-state index in [1.54, 1.807) is 0 Å². The predicted molar refractivity (Wildman–Crippen MR) is 71.6 cm³/mol. The van der Waals surface area contributed by atoms with Gasteiger partial charge in [-0.3, -0.25) is 0 Å². The van der Waals surface area contributed by atoms with Gasteiger partial charge in [0.1, 0.15) is 24.3 Å². The van der Waals surface area contributed by atoms with Gasteiger partial charge in [0.25, 0.3) is 0 Å². The number of halogens is 1. The molecule has 0 aromatic heterocycles. The van der Waals surface area contributed by atoms with E-state index in [4.69, 9.17) is 9.84 Å². The van der Waals surface area contributed by atoms with Gasteiger partial charge >= 0.3 is 0 Å². The Balaban J connectivity index is 2.74. The van der Waals surface area contributed by atoms with Crippen molar-refractivity contribution in [1.82, 2.24) is 5.32 Å². The van der Waals surface area contributed by atoms with Gasteiger partial charge in [0.2, 0.25) is 0 Å². The molecule has 0 heterocycles. The van der Waals surface area contributed by atoms with E-state index in [1.165, 1.54) is 18.2 Å². The minimum absolute atomic E-state index is 0.0232. The molecule has 0 bridgehead atoms. The Hall–Kier alpha value is -1.17. The van der Waals surface area contributed by atoms with Gasteiger partial charge in [0.15, 0.2) is 0 Å². The first-order valence-corrected chi connectivity index (χ1v) is 6.27. The lowest BCUT2D eigenvalue weighted by molar-refractivity contribution is 0.0532. The van der Waals surface area contributed by atoms with Crippen molar-refractivity contribution in [3.05, 3.63) is 29.6 Å². The van der Waals surface area contributed by atoms with E-state index < -0.39 is 6.10 Å². The van der Waals surface area contributed by atoms with Gasteiger partial charge in [-0.2, -0.15) is 0 Å². The van der Waals surface area contributed by atoms with Gasteiger partial charge in [-0.1, -0.05) is 0 Å². The van der Waals surface area contributed by atoms with Crippen molar-refractivity contribution in [3.8, 4) is 5.75 Å². The molecular weight excluding hydrogens is 249 g/mol. The molecule has 5 heteroatoms. The number of benzene rings is 1. The smallest absolute Gasteiger partial charge is 0.124 e. The molecule has 19 heavy (non-hydrogen) atoms. The number of aliphatic hydroxyl groups is 2. The molecule has 4 nitrogen and oxygen atoms in total. The van der Waals surface area contributed by atoms with Crippen molar-refractivity contribution >= 4 is 0 Å². The lowest BCUT2D eigenvalue weighted by atomic mass is 10.1. The molecule has 1 aromatic carbocycles. The van der Waals surface area contributed by atoms with Crippen LogP contribution in [0.25, 0.3) is 0 Å². The fourth-order valence-corrected chi connectivity index (χ4v) is 1.43. The Morgan fingerprint density at radius 3 is 2.63 bits per heavy atom. The highest BCUT2D eigenvalue weighted by Gasteiger charge is 2.12. The van der Waals surface area contributed by atoms with Crippen LogP contribution in [0.2, 0.25) is 0 Å². The average Bonchev–Trinajstić information content (AvgIpc) is 2.33. The quantitative estimate of drug-likeness (QED) is 0.733. The van der Waals surface area contributed by atoms with Crippen LogP contribution in [0.15, 0.2) is 18.2 Å². The van der Waals surface area contributed by atoms with Gasteiger partial charge in [-0.25, -0.2) is 4.39 Å². The van der Waals surface area contributed by atoms with Crippen LogP contribution in [0.1, 0.15) is 26.3 Å². The normalized spacial score (nSPS) is 13.4. The molecule has 3 N–H and O–H groups in total. The minimum atomic E-state index is -0.937. The second-order valence-electron chi connectivity index (χ2n) is 5.50. The summed E-state index contributed by atoms with van der Waals surface area (Å²) in [6.45, 7) is 6.13. The number of hydrogen-bond donors (Lipinski definition) is 3. The van der Waals surface area contributed by atoms with Crippen LogP contribution in [0.4, 0.5) is 4.39 Å². The third-order valence-electron chi connectivity index (χ3n) is 2.47. The number of ether oxygens (including phenoxy) is 1. The molecule has 108 valence electrons. The van der Waals surface area contributed by atoms with Crippen molar-refractivity contribution in [2.24, 2.45) is 0 Å². The van der Waals surface area contributed by atoms with Crippen LogP contribution in [0.3, 0.4) is 0 Å². The van der Waals surface area contributed by atoms with Crippen LogP contribution >= 0.6 is 0 Å². The summed E-state index contributed by atoms with van der Waals surface area (Å²) < 4.78 is 18.7. The second kappa shape index (κ2) is 6.84. The molecule has 0 fully saturated rings. The first kappa shape index (κ1) is 15.9. The van der Waals surface area contributed by atoms with Gasteiger partial charge < -0.3 is 20.3 Å². The van der Waals surface area contributed by atoms with Crippen LogP contribution in [-0.2, 0) is 6.54 Å². The summed E-state index contributed by atoms with van der Waals surface area (Å²) >= 11 is 0. The fraction of sp³-hybridized carbons (Fsp3) is 0.571. The Labute approximate surface area is 113 Å². The maximum absolute atomic E-state index is 13.3. The van der Waals surface area contributed by atoms with E-state index in [-0.39, 0.29) is 24.6 Å². The van der Waals surface area contributed by atoms with Gasteiger partial charge in [-0.05, 0) is 39.0 Å². The topological polar surface area (TPSA) is 61.7 Å². The summed E-state index contributed by atoms with van der Waals surface area (Å²) in [6.07, 6.45) is -0.937. The highest BCUT2D eigenvalue weighted by molar-refractivity contribution is 5.34. The first-order valence-electron chi connectivity index (χ1n) is 6.27. The zero-order valence-corrected chi connectivity index (χ0v) is 11.6. The monoisotopic (exact) mass is 271 g/mol. The zero-order valence-electron chi connectivity index (χ0n) is 11.6. The molecule has 1 aromatic rings. The molecule has 1 rings (SSSR count). The third-order valence-corrected chi connectivity index (χ3v) is 2.47. The third kappa shape index (κ3) is 6.00. The van der Waals surface area contributed by atoms with Crippen LogP contribution < -0.4 is 10.1 Å². The van der Waals surface area contributed by atoms with Gasteiger partial charge in [0, 0.05) is 17.6 Å². The molecule has 0 spiro atoms. The van der Waals surface area contributed by atoms with E-state index in [1.807, 2.05) is 20.8 Å². The highest BCUT2D eigenvalue weighted by Crippen LogP contribution is 2.20. The number of rotatable bonds is 6. The first-order chi connectivity index (χ1) is 8.81. The number of aliphatic hydroxyl groups excluding tert-OH is 2. The summed E-state index contributed by atoms with van der Waals surface area (Å²) in [5.74, 6) is 0.173. The van der Waals surface area contributed by atoms with Crippen LogP contribution in [0, 0.1) is 5.82 Å². The molecule has 0 saturated carbocycles. The minimum Gasteiger partial charge on any atom is -0.490 e. The molecule has 0 saturated heterocycles. The van der Waals surface area contributed by atoms with E-state index in [9.17, 15) is 9.50 Å². The summed E-state index contributed by atoms with van der Waals surface area (Å²) in [6, 6.07) is 4.24. The Kier molecular flexibility index (Phi) is 5.72. The van der Waals surface area contributed by atoms with Crippen molar-refractivity contribution in [1.29, 1.82) is 0 Å². The summed E-state index contributed by atoms with van der Waals surface area (Å²) in [7, 11) is 0. The van der Waals surface area contributed by atoms with Gasteiger partial charge in [-0.15, -0.1) is 0 Å². The largest absolute Gasteiger partial charge is 0.490 e. The van der Waals surface area contributed by atoms with Crippen LogP contribution in [0.5, 0.6) is 5.75 Å². The van der Waals surface area contributed by atoms with E-state index >= 15 is 0 Å². The Morgan fingerprint density at radius 2 is 2.05 bits per heavy atom. The number of hydrogen-bond acceptors (Lipinski definition) is 4. The van der Waals surface area contributed by atoms with Crippen molar-refractivity contribution in [3.63, 3.8) is 0 Å². The molecule has 0 amide bonds. The van der Waals surface area contributed by atoms with Crippen molar-refractivity contribution < 1.29 is 19.3 Å². The zero-order chi connectivity index (χ0) is 14.5. The van der Waals surface area contributed by atoms with Crippen molar-refractivity contribution in [2.75, 3.05) is 13.2 Å². The molecule has 1 unspecified atom stereocenters. The lowest BCUT2D eigenvalue weighted by Crippen LogP contribution is -2.35. The molecule has 0 aliphatic rings. The van der Waals surface area contributed by atoms with Crippen LogP contribution in [-0.4, -0.2) is 35.1 Å². The fourth-order valence-electron chi connectivity index (χ4n) is 1.43. The maximum Gasteiger partial charge on any atom is 0.124 e.